The minimum Gasteiger partial charge on any atom is -0.309 e. The van der Waals surface area contributed by atoms with E-state index in [-0.39, 0.29) is 0 Å². The summed E-state index contributed by atoms with van der Waals surface area (Å²) in [5.74, 6) is 0. The molecule has 0 bridgehead atoms. The predicted molar refractivity (Wildman–Crippen MR) is 114 cm³/mol. The largest absolute Gasteiger partial charge is 0.309 e. The van der Waals surface area contributed by atoms with E-state index in [9.17, 15) is 0 Å². The number of para-hydroxylation sites is 1. The maximum absolute atomic E-state index is 3.77. The summed E-state index contributed by atoms with van der Waals surface area (Å²) in [7, 11) is 0. The Kier molecular flexibility index (Phi) is 3.65. The summed E-state index contributed by atoms with van der Waals surface area (Å²) >= 11 is 3.77. The Balaban J connectivity index is 1.89. The smallest absolute Gasteiger partial charge is 0.0552 e. The van der Waals surface area contributed by atoms with Crippen molar-refractivity contribution in [2.45, 2.75) is 0 Å². The van der Waals surface area contributed by atoms with Crippen LogP contribution in [-0.2, 0) is 0 Å². The van der Waals surface area contributed by atoms with E-state index in [0.29, 0.717) is 0 Å². The van der Waals surface area contributed by atoms with Crippen molar-refractivity contribution in [1.29, 1.82) is 0 Å². The van der Waals surface area contributed by atoms with Crippen LogP contribution in [0, 0.1) is 0 Å². The predicted octanol–water partition coefficient (Wildman–Crippen LogP) is 7.21. The van der Waals surface area contributed by atoms with Gasteiger partial charge in [-0.3, -0.25) is 0 Å². The first-order valence-electron chi connectivity index (χ1n) is 8.66. The molecular formula is C24H16BrN. The highest BCUT2D eigenvalue weighted by Crippen LogP contribution is 2.38. The number of rotatable bonds is 2. The summed E-state index contributed by atoms with van der Waals surface area (Å²) in [5, 5.41) is 2.52. The molecule has 0 N–H and O–H groups in total. The fourth-order valence-corrected chi connectivity index (χ4v) is 4.26. The van der Waals surface area contributed by atoms with Gasteiger partial charge in [-0.1, -0.05) is 76.6 Å². The lowest BCUT2D eigenvalue weighted by molar-refractivity contribution is 1.18. The van der Waals surface area contributed by atoms with Crippen LogP contribution in [-0.4, -0.2) is 4.57 Å². The van der Waals surface area contributed by atoms with Crippen molar-refractivity contribution >= 4 is 37.7 Å². The zero-order valence-electron chi connectivity index (χ0n) is 14.1. The van der Waals surface area contributed by atoms with Crippen molar-refractivity contribution < 1.29 is 0 Å². The molecule has 0 fully saturated rings. The van der Waals surface area contributed by atoms with E-state index in [1.165, 1.54) is 38.6 Å². The quantitative estimate of drug-likeness (QED) is 0.296. The molecule has 4 aromatic carbocycles. The van der Waals surface area contributed by atoms with E-state index in [4.69, 9.17) is 0 Å². The highest BCUT2D eigenvalue weighted by atomic mass is 79.9. The maximum Gasteiger partial charge on any atom is 0.0552 e. The lowest BCUT2D eigenvalue weighted by Gasteiger charge is -2.08. The van der Waals surface area contributed by atoms with E-state index in [1.54, 1.807) is 0 Å². The molecule has 1 aromatic heterocycles. The molecule has 0 amide bonds. The van der Waals surface area contributed by atoms with Gasteiger partial charge in [0.25, 0.3) is 0 Å². The van der Waals surface area contributed by atoms with Crippen molar-refractivity contribution in [3.05, 3.63) is 102 Å². The third-order valence-corrected chi connectivity index (χ3v) is 5.52. The van der Waals surface area contributed by atoms with Crippen molar-refractivity contribution in [3.8, 4) is 16.8 Å². The second-order valence-corrected chi connectivity index (χ2v) is 7.26. The third-order valence-electron chi connectivity index (χ3n) is 4.86. The van der Waals surface area contributed by atoms with Gasteiger partial charge in [0.15, 0.2) is 0 Å². The number of benzene rings is 4. The van der Waals surface area contributed by atoms with Gasteiger partial charge in [-0.2, -0.15) is 0 Å². The number of aromatic nitrogens is 1. The average Bonchev–Trinajstić information content (AvgIpc) is 3.04. The van der Waals surface area contributed by atoms with Gasteiger partial charge < -0.3 is 4.57 Å². The first kappa shape index (κ1) is 15.4. The van der Waals surface area contributed by atoms with Crippen molar-refractivity contribution in [2.24, 2.45) is 0 Å². The molecule has 0 atom stereocenters. The molecule has 26 heavy (non-hydrogen) atoms. The lowest BCUT2D eigenvalue weighted by atomic mass is 10.0. The number of hydrogen-bond donors (Lipinski definition) is 0. The zero-order valence-corrected chi connectivity index (χ0v) is 15.6. The third kappa shape index (κ3) is 2.38. The molecule has 5 aromatic rings. The first-order chi connectivity index (χ1) is 12.8. The average molecular weight is 398 g/mol. The number of nitrogens with zero attached hydrogens (tertiary/aromatic N) is 1. The minimum absolute atomic E-state index is 1.12. The summed E-state index contributed by atoms with van der Waals surface area (Å²) in [6.07, 6.45) is 0. The molecule has 0 radical (unpaired) electrons. The maximum atomic E-state index is 3.77. The molecule has 0 spiro atoms. The summed E-state index contributed by atoms with van der Waals surface area (Å²) in [6.45, 7) is 0. The van der Waals surface area contributed by atoms with Crippen LogP contribution in [0.15, 0.2) is 102 Å². The van der Waals surface area contributed by atoms with Crippen LogP contribution in [0.3, 0.4) is 0 Å². The molecule has 1 nitrogen and oxygen atoms in total. The Morgan fingerprint density at radius 2 is 1.31 bits per heavy atom. The van der Waals surface area contributed by atoms with Gasteiger partial charge in [0.1, 0.15) is 0 Å². The fourth-order valence-electron chi connectivity index (χ4n) is 3.69. The standard InChI is InChI=1S/C24H16BrN/c25-21-12-7-13-23-24(21)20-16-18(17-8-3-1-4-9-17)14-15-22(20)26(23)19-10-5-2-6-11-19/h1-16H. The van der Waals surface area contributed by atoms with Crippen LogP contribution >= 0.6 is 15.9 Å². The summed E-state index contributed by atoms with van der Waals surface area (Å²) < 4.78 is 3.46. The molecule has 124 valence electrons. The molecule has 0 saturated heterocycles. The topological polar surface area (TPSA) is 4.93 Å². The Morgan fingerprint density at radius 1 is 0.577 bits per heavy atom. The molecular weight excluding hydrogens is 382 g/mol. The number of fused-ring (bicyclic) bond motifs is 3. The first-order valence-corrected chi connectivity index (χ1v) is 9.46. The molecule has 0 aliphatic rings. The molecule has 0 aliphatic heterocycles. The van der Waals surface area contributed by atoms with E-state index >= 15 is 0 Å². The van der Waals surface area contributed by atoms with Gasteiger partial charge >= 0.3 is 0 Å². The van der Waals surface area contributed by atoms with E-state index in [1.807, 2.05) is 0 Å². The van der Waals surface area contributed by atoms with Gasteiger partial charge in [-0.25, -0.2) is 0 Å². The van der Waals surface area contributed by atoms with E-state index in [2.05, 4.69) is 118 Å². The Hall–Kier alpha value is -2.84. The number of hydrogen-bond acceptors (Lipinski definition) is 0. The summed E-state index contributed by atoms with van der Waals surface area (Å²) in [4.78, 5) is 0. The van der Waals surface area contributed by atoms with Crippen LogP contribution in [0.2, 0.25) is 0 Å². The molecule has 0 aliphatic carbocycles. The normalized spacial score (nSPS) is 11.3. The van der Waals surface area contributed by atoms with Gasteiger partial charge in [-0.05, 0) is 47.5 Å². The monoisotopic (exact) mass is 397 g/mol. The van der Waals surface area contributed by atoms with Gasteiger partial charge in [-0.15, -0.1) is 0 Å². The number of halogens is 1. The second-order valence-electron chi connectivity index (χ2n) is 6.40. The van der Waals surface area contributed by atoms with Crippen LogP contribution in [0.4, 0.5) is 0 Å². The van der Waals surface area contributed by atoms with Crippen LogP contribution in [0.1, 0.15) is 0 Å². The van der Waals surface area contributed by atoms with Crippen LogP contribution < -0.4 is 0 Å². The molecule has 2 heteroatoms. The Morgan fingerprint density at radius 3 is 2.08 bits per heavy atom. The summed E-state index contributed by atoms with van der Waals surface area (Å²) in [6, 6.07) is 34.2. The van der Waals surface area contributed by atoms with Crippen molar-refractivity contribution in [1.82, 2.24) is 4.57 Å². The highest BCUT2D eigenvalue weighted by molar-refractivity contribution is 9.10. The zero-order chi connectivity index (χ0) is 17.5. The molecule has 0 saturated carbocycles. The second kappa shape index (κ2) is 6.15. The van der Waals surface area contributed by atoms with Gasteiger partial charge in [0, 0.05) is 20.9 Å². The minimum atomic E-state index is 1.12. The Bertz CT molecular complexity index is 1220. The SMILES string of the molecule is Brc1cccc2c1c1cc(-c3ccccc3)ccc1n2-c1ccccc1. The van der Waals surface area contributed by atoms with Crippen molar-refractivity contribution in [2.75, 3.05) is 0 Å². The van der Waals surface area contributed by atoms with E-state index < -0.39 is 0 Å². The fraction of sp³-hybridized carbons (Fsp3) is 0. The summed E-state index contributed by atoms with van der Waals surface area (Å²) in [5.41, 5.74) is 6.09. The van der Waals surface area contributed by atoms with Crippen molar-refractivity contribution in [3.63, 3.8) is 0 Å². The Labute approximate surface area is 160 Å². The van der Waals surface area contributed by atoms with Crippen LogP contribution in [0.5, 0.6) is 0 Å². The molecule has 1 heterocycles. The van der Waals surface area contributed by atoms with E-state index in [0.717, 1.165) is 4.47 Å². The molecule has 0 unspecified atom stereocenters. The lowest BCUT2D eigenvalue weighted by Crippen LogP contribution is -1.92. The highest BCUT2D eigenvalue weighted by Gasteiger charge is 2.14. The van der Waals surface area contributed by atoms with Gasteiger partial charge in [0.2, 0.25) is 0 Å². The molecule has 5 rings (SSSR count). The van der Waals surface area contributed by atoms with Crippen LogP contribution in [0.25, 0.3) is 38.6 Å². The van der Waals surface area contributed by atoms with Gasteiger partial charge in [0.05, 0.1) is 11.0 Å².